The van der Waals surface area contributed by atoms with E-state index in [0.29, 0.717) is 15.6 Å². The minimum Gasteiger partial charge on any atom is -0.365 e. The van der Waals surface area contributed by atoms with Crippen molar-refractivity contribution in [3.8, 4) is 0 Å². The van der Waals surface area contributed by atoms with Gasteiger partial charge in [-0.1, -0.05) is 23.7 Å². The number of nitrogens with one attached hydrogen (secondary N) is 2. The summed E-state index contributed by atoms with van der Waals surface area (Å²) in [4.78, 5) is 25.4. The quantitative estimate of drug-likeness (QED) is 0.702. The summed E-state index contributed by atoms with van der Waals surface area (Å²) in [6.45, 7) is 2.12. The summed E-state index contributed by atoms with van der Waals surface area (Å²) in [5.74, 6) is -0.658. The first-order chi connectivity index (χ1) is 12.5. The van der Waals surface area contributed by atoms with Gasteiger partial charge in [0.15, 0.2) is 0 Å². The highest BCUT2D eigenvalue weighted by atomic mass is 35.5. The molecule has 138 valence electrons. The van der Waals surface area contributed by atoms with Crippen LogP contribution in [-0.2, 0) is 17.6 Å². The molecule has 0 saturated heterocycles. The maximum atomic E-state index is 12.3. The van der Waals surface area contributed by atoms with Gasteiger partial charge in [0.05, 0.1) is 12.1 Å². The highest BCUT2D eigenvalue weighted by Gasteiger charge is 2.24. The van der Waals surface area contributed by atoms with Crippen molar-refractivity contribution in [3.63, 3.8) is 0 Å². The first-order valence-electron chi connectivity index (χ1n) is 8.68. The van der Waals surface area contributed by atoms with Gasteiger partial charge < -0.3 is 16.4 Å². The molecule has 1 aromatic carbocycles. The molecule has 5 nitrogen and oxygen atoms in total. The number of halogens is 1. The van der Waals surface area contributed by atoms with Crippen LogP contribution >= 0.6 is 22.9 Å². The van der Waals surface area contributed by atoms with E-state index in [2.05, 4.69) is 10.6 Å². The van der Waals surface area contributed by atoms with Gasteiger partial charge in [-0.3, -0.25) is 9.59 Å². The molecule has 26 heavy (non-hydrogen) atoms. The van der Waals surface area contributed by atoms with Crippen molar-refractivity contribution in [1.82, 2.24) is 5.32 Å². The van der Waals surface area contributed by atoms with Crippen LogP contribution in [0.2, 0.25) is 5.02 Å². The van der Waals surface area contributed by atoms with Gasteiger partial charge in [-0.05, 0) is 55.9 Å². The van der Waals surface area contributed by atoms with E-state index in [1.807, 2.05) is 31.2 Å². The van der Waals surface area contributed by atoms with Gasteiger partial charge in [0.1, 0.15) is 5.00 Å². The maximum Gasteiger partial charge on any atom is 0.251 e. The molecular formula is C19H22ClN3O2S. The van der Waals surface area contributed by atoms with Crippen molar-refractivity contribution in [2.75, 3.05) is 11.9 Å². The van der Waals surface area contributed by atoms with E-state index in [9.17, 15) is 9.59 Å². The molecular weight excluding hydrogens is 370 g/mol. The normalized spacial score (nSPS) is 14.5. The van der Waals surface area contributed by atoms with Crippen LogP contribution in [0.1, 0.15) is 52.2 Å². The number of carbonyl (C=O) groups is 2. The van der Waals surface area contributed by atoms with Gasteiger partial charge in [0.2, 0.25) is 5.91 Å². The molecule has 1 aromatic heterocycles. The van der Waals surface area contributed by atoms with E-state index in [1.165, 1.54) is 16.2 Å². The Bertz CT molecular complexity index is 817. The highest BCUT2D eigenvalue weighted by Crippen LogP contribution is 2.37. The first kappa shape index (κ1) is 18.9. The zero-order chi connectivity index (χ0) is 18.7. The van der Waals surface area contributed by atoms with Crippen molar-refractivity contribution >= 4 is 39.8 Å². The lowest BCUT2D eigenvalue weighted by atomic mass is 9.95. The van der Waals surface area contributed by atoms with Gasteiger partial charge in [0.25, 0.3) is 5.91 Å². The van der Waals surface area contributed by atoms with E-state index >= 15 is 0 Å². The van der Waals surface area contributed by atoms with Gasteiger partial charge >= 0.3 is 0 Å². The Morgan fingerprint density at radius 1 is 1.23 bits per heavy atom. The summed E-state index contributed by atoms with van der Waals surface area (Å²) in [7, 11) is 0. The Morgan fingerprint density at radius 2 is 1.92 bits per heavy atom. The molecule has 7 heteroatoms. The standard InChI is InChI=1S/C19H22ClN3O2S/c1-11(12-6-8-13(20)9-7-12)22-10-16(24)23-19-17(18(21)25)14-4-2-3-5-15(14)26-19/h6-9,11,22H,2-5,10H2,1H3,(H2,21,25)(H,23,24). The number of anilines is 1. The van der Waals surface area contributed by atoms with Crippen molar-refractivity contribution < 1.29 is 9.59 Å². The van der Waals surface area contributed by atoms with Gasteiger partial charge in [-0.2, -0.15) is 0 Å². The molecule has 2 aromatic rings. The minimum atomic E-state index is -0.470. The van der Waals surface area contributed by atoms with Crippen LogP contribution < -0.4 is 16.4 Å². The highest BCUT2D eigenvalue weighted by molar-refractivity contribution is 7.17. The summed E-state index contributed by atoms with van der Waals surface area (Å²) < 4.78 is 0. The van der Waals surface area contributed by atoms with Crippen molar-refractivity contribution in [2.24, 2.45) is 5.73 Å². The summed E-state index contributed by atoms with van der Waals surface area (Å²) in [6, 6.07) is 7.51. The summed E-state index contributed by atoms with van der Waals surface area (Å²) in [6.07, 6.45) is 3.96. The number of rotatable bonds is 6. The van der Waals surface area contributed by atoms with Gasteiger partial charge in [0, 0.05) is 15.9 Å². The maximum absolute atomic E-state index is 12.3. The van der Waals surface area contributed by atoms with E-state index in [4.69, 9.17) is 17.3 Å². The summed E-state index contributed by atoms with van der Waals surface area (Å²) in [5.41, 5.74) is 8.12. The Labute approximate surface area is 161 Å². The topological polar surface area (TPSA) is 84.2 Å². The van der Waals surface area contributed by atoms with E-state index in [1.54, 1.807) is 0 Å². The van der Waals surface area contributed by atoms with E-state index in [-0.39, 0.29) is 18.5 Å². The number of benzene rings is 1. The number of amides is 2. The van der Waals surface area contributed by atoms with Crippen LogP contribution in [0, 0.1) is 0 Å². The molecule has 1 atom stereocenters. The molecule has 0 saturated carbocycles. The Morgan fingerprint density at radius 3 is 2.62 bits per heavy atom. The number of aryl methyl sites for hydroxylation is 1. The van der Waals surface area contributed by atoms with Crippen LogP contribution in [0.4, 0.5) is 5.00 Å². The van der Waals surface area contributed by atoms with Crippen LogP contribution in [0.5, 0.6) is 0 Å². The molecule has 0 radical (unpaired) electrons. The number of carbonyl (C=O) groups excluding carboxylic acids is 2. The van der Waals surface area contributed by atoms with Crippen LogP contribution in [-0.4, -0.2) is 18.4 Å². The minimum absolute atomic E-state index is 0.00479. The third kappa shape index (κ3) is 4.26. The lowest BCUT2D eigenvalue weighted by Crippen LogP contribution is -2.30. The molecule has 3 rings (SSSR count). The second-order valence-electron chi connectivity index (χ2n) is 6.48. The summed E-state index contributed by atoms with van der Waals surface area (Å²) in [5, 5.41) is 7.30. The second-order valence-corrected chi connectivity index (χ2v) is 8.02. The van der Waals surface area contributed by atoms with Crippen molar-refractivity contribution in [2.45, 2.75) is 38.6 Å². The molecule has 1 aliphatic carbocycles. The number of fused-ring (bicyclic) bond motifs is 1. The predicted octanol–water partition coefficient (Wildman–Crippen LogP) is 3.67. The molecule has 1 aliphatic rings. The van der Waals surface area contributed by atoms with E-state index in [0.717, 1.165) is 36.8 Å². The number of thiophene rings is 1. The third-order valence-corrected chi connectivity index (χ3v) is 6.07. The van der Waals surface area contributed by atoms with Gasteiger partial charge in [-0.25, -0.2) is 0 Å². The fraction of sp³-hybridized carbons (Fsp3) is 0.368. The van der Waals surface area contributed by atoms with Crippen LogP contribution in [0.25, 0.3) is 0 Å². The Balaban J connectivity index is 1.64. The number of primary amides is 1. The molecule has 4 N–H and O–H groups in total. The summed E-state index contributed by atoms with van der Waals surface area (Å²) >= 11 is 7.37. The largest absolute Gasteiger partial charge is 0.365 e. The molecule has 2 amide bonds. The van der Waals surface area contributed by atoms with Crippen LogP contribution in [0.15, 0.2) is 24.3 Å². The van der Waals surface area contributed by atoms with Crippen molar-refractivity contribution in [3.05, 3.63) is 50.9 Å². The fourth-order valence-electron chi connectivity index (χ4n) is 3.20. The zero-order valence-electron chi connectivity index (χ0n) is 14.6. The third-order valence-electron chi connectivity index (χ3n) is 4.61. The van der Waals surface area contributed by atoms with Gasteiger partial charge in [-0.15, -0.1) is 11.3 Å². The molecule has 1 heterocycles. The molecule has 1 unspecified atom stereocenters. The average Bonchev–Trinajstić information content (AvgIpc) is 2.98. The monoisotopic (exact) mass is 391 g/mol. The fourth-order valence-corrected chi connectivity index (χ4v) is 4.64. The second kappa shape index (κ2) is 8.20. The van der Waals surface area contributed by atoms with E-state index < -0.39 is 5.91 Å². The predicted molar refractivity (Wildman–Crippen MR) is 106 cm³/mol. The lowest BCUT2D eigenvalue weighted by molar-refractivity contribution is -0.115. The van der Waals surface area contributed by atoms with Crippen LogP contribution in [0.3, 0.4) is 0 Å². The molecule has 0 spiro atoms. The number of nitrogens with two attached hydrogens (primary N) is 1. The number of hydrogen-bond acceptors (Lipinski definition) is 4. The number of hydrogen-bond donors (Lipinski definition) is 3. The Hall–Kier alpha value is -1.89. The molecule has 0 aliphatic heterocycles. The zero-order valence-corrected chi connectivity index (χ0v) is 16.2. The van der Waals surface area contributed by atoms with Crippen molar-refractivity contribution in [1.29, 1.82) is 0 Å². The Kier molecular flexibility index (Phi) is 5.96. The smallest absolute Gasteiger partial charge is 0.251 e. The first-order valence-corrected chi connectivity index (χ1v) is 9.88. The lowest BCUT2D eigenvalue weighted by Gasteiger charge is -2.14. The average molecular weight is 392 g/mol. The molecule has 0 fully saturated rings. The molecule has 0 bridgehead atoms. The SMILES string of the molecule is CC(NCC(=O)Nc1sc2c(c1C(N)=O)CCCC2)c1ccc(Cl)cc1.